The number of carbonyl (C=O) groups is 1. The van der Waals surface area contributed by atoms with Crippen LogP contribution >= 0.6 is 0 Å². The summed E-state index contributed by atoms with van der Waals surface area (Å²) in [5.41, 5.74) is 2.39. The minimum Gasteiger partial charge on any atom is -0.478 e. The molecule has 1 N–H and O–H groups in total. The van der Waals surface area contributed by atoms with E-state index in [4.69, 9.17) is 5.11 Å². The van der Waals surface area contributed by atoms with E-state index in [1.54, 1.807) is 6.07 Å². The molecule has 0 bridgehead atoms. The molecule has 0 saturated heterocycles. The van der Waals surface area contributed by atoms with E-state index in [-0.39, 0.29) is 0 Å². The molecule has 0 atom stereocenters. The minimum atomic E-state index is -0.858. The van der Waals surface area contributed by atoms with Gasteiger partial charge in [-0.2, -0.15) is 0 Å². The number of hydrogen-bond acceptors (Lipinski definition) is 1. The molecule has 1 aromatic carbocycles. The Labute approximate surface area is 100 Å². The third-order valence-electron chi connectivity index (χ3n) is 2.86. The van der Waals surface area contributed by atoms with E-state index in [9.17, 15) is 4.79 Å². The van der Waals surface area contributed by atoms with Crippen LogP contribution in [0.3, 0.4) is 0 Å². The lowest BCUT2D eigenvalue weighted by atomic mass is 10.1. The lowest BCUT2D eigenvalue weighted by Gasteiger charge is -2.08. The third-order valence-corrected chi connectivity index (χ3v) is 2.86. The summed E-state index contributed by atoms with van der Waals surface area (Å²) < 4.78 is 1.98. The van der Waals surface area contributed by atoms with Gasteiger partial charge in [-0.15, -0.1) is 0 Å². The molecule has 2 aromatic rings. The summed E-state index contributed by atoms with van der Waals surface area (Å²) in [5, 5.41) is 9.14. The van der Waals surface area contributed by atoms with E-state index in [0.717, 1.165) is 17.8 Å². The van der Waals surface area contributed by atoms with Gasteiger partial charge in [0.1, 0.15) is 0 Å². The van der Waals surface area contributed by atoms with Gasteiger partial charge < -0.3 is 9.67 Å². The summed E-state index contributed by atoms with van der Waals surface area (Å²) >= 11 is 0. The van der Waals surface area contributed by atoms with Gasteiger partial charge in [0, 0.05) is 24.9 Å². The fraction of sp³-hybridized carbons (Fsp3) is 0.214. The second-order valence-corrected chi connectivity index (χ2v) is 3.93. The van der Waals surface area contributed by atoms with Gasteiger partial charge in [0.25, 0.3) is 0 Å². The van der Waals surface area contributed by atoms with E-state index in [2.05, 4.69) is 0 Å². The van der Waals surface area contributed by atoms with Gasteiger partial charge in [-0.25, -0.2) is 4.79 Å². The maximum absolute atomic E-state index is 11.1. The monoisotopic (exact) mass is 229 g/mol. The summed E-state index contributed by atoms with van der Waals surface area (Å²) in [6.45, 7) is 2.80. The summed E-state index contributed by atoms with van der Waals surface area (Å²) in [5.74, 6) is -0.858. The van der Waals surface area contributed by atoms with Crippen molar-refractivity contribution in [2.75, 3.05) is 0 Å². The Kier molecular flexibility index (Phi) is 3.28. The van der Waals surface area contributed by atoms with Crippen molar-refractivity contribution in [1.29, 1.82) is 0 Å². The Morgan fingerprint density at radius 3 is 2.53 bits per heavy atom. The highest BCUT2D eigenvalue weighted by atomic mass is 16.4. The summed E-state index contributed by atoms with van der Waals surface area (Å²) in [4.78, 5) is 11.1. The number of nitrogens with zero attached hydrogens (tertiary/aromatic N) is 1. The van der Waals surface area contributed by atoms with Crippen molar-refractivity contribution in [3.8, 4) is 0 Å². The molecule has 1 aromatic heterocycles. The maximum Gasteiger partial charge on any atom is 0.337 e. The zero-order chi connectivity index (χ0) is 12.3. The fourth-order valence-electron chi connectivity index (χ4n) is 1.98. The van der Waals surface area contributed by atoms with Crippen LogP contribution in [0.2, 0.25) is 0 Å². The van der Waals surface area contributed by atoms with Crippen molar-refractivity contribution >= 4 is 5.97 Å². The van der Waals surface area contributed by atoms with E-state index >= 15 is 0 Å². The van der Waals surface area contributed by atoms with Gasteiger partial charge >= 0.3 is 5.97 Å². The average molecular weight is 229 g/mol. The van der Waals surface area contributed by atoms with E-state index in [1.807, 2.05) is 48.0 Å². The molecule has 2 rings (SSSR count). The molecule has 0 unspecified atom stereocenters. The minimum absolute atomic E-state index is 0.399. The van der Waals surface area contributed by atoms with Crippen LogP contribution in [-0.2, 0) is 13.0 Å². The third kappa shape index (κ3) is 2.38. The summed E-state index contributed by atoms with van der Waals surface area (Å²) in [6.07, 6.45) is 2.49. The summed E-state index contributed by atoms with van der Waals surface area (Å²) in [6, 6.07) is 11.6. The number of benzene rings is 1. The predicted molar refractivity (Wildman–Crippen MR) is 66.3 cm³/mol. The van der Waals surface area contributed by atoms with Crippen molar-refractivity contribution in [3.05, 3.63) is 59.4 Å². The first-order chi connectivity index (χ1) is 8.22. The average Bonchev–Trinajstić information content (AvgIpc) is 2.73. The van der Waals surface area contributed by atoms with Crippen molar-refractivity contribution < 1.29 is 9.90 Å². The molecule has 3 nitrogen and oxygen atoms in total. The Bertz CT molecular complexity index is 514. The first kappa shape index (κ1) is 11.5. The number of aryl methyl sites for hydroxylation is 1. The number of carboxylic acid groups (broad SMARTS) is 1. The van der Waals surface area contributed by atoms with Crippen molar-refractivity contribution in [1.82, 2.24) is 4.57 Å². The van der Waals surface area contributed by atoms with Crippen molar-refractivity contribution in [2.45, 2.75) is 19.9 Å². The fourth-order valence-corrected chi connectivity index (χ4v) is 1.98. The first-order valence-corrected chi connectivity index (χ1v) is 5.67. The molecule has 0 saturated carbocycles. The van der Waals surface area contributed by atoms with E-state index in [1.165, 1.54) is 0 Å². The van der Waals surface area contributed by atoms with Gasteiger partial charge in [0.05, 0.1) is 5.56 Å². The van der Waals surface area contributed by atoms with Crippen LogP contribution in [0.1, 0.15) is 28.5 Å². The molecule has 0 aliphatic carbocycles. The standard InChI is InChI=1S/C14H15NO2/c1-2-15-9-8-12(14(16)17)13(15)10-11-6-4-3-5-7-11/h3-9H,2,10H2,1H3,(H,16,17). The van der Waals surface area contributed by atoms with Crippen LogP contribution in [-0.4, -0.2) is 15.6 Å². The quantitative estimate of drug-likeness (QED) is 0.876. The second-order valence-electron chi connectivity index (χ2n) is 3.93. The molecule has 1 heterocycles. The van der Waals surface area contributed by atoms with Gasteiger partial charge in [0.2, 0.25) is 0 Å². The Hall–Kier alpha value is -2.03. The molecular formula is C14H15NO2. The number of aromatic nitrogens is 1. The van der Waals surface area contributed by atoms with Crippen LogP contribution < -0.4 is 0 Å². The van der Waals surface area contributed by atoms with E-state index in [0.29, 0.717) is 12.0 Å². The van der Waals surface area contributed by atoms with Crippen LogP contribution in [0.15, 0.2) is 42.6 Å². The lowest BCUT2D eigenvalue weighted by molar-refractivity contribution is 0.0695. The normalized spacial score (nSPS) is 10.4. The smallest absolute Gasteiger partial charge is 0.337 e. The van der Waals surface area contributed by atoms with Gasteiger partial charge in [-0.1, -0.05) is 30.3 Å². The SMILES string of the molecule is CCn1ccc(C(=O)O)c1Cc1ccccc1. The molecule has 0 amide bonds. The Balaban J connectivity index is 2.37. The zero-order valence-corrected chi connectivity index (χ0v) is 9.76. The largest absolute Gasteiger partial charge is 0.478 e. The van der Waals surface area contributed by atoms with Crippen LogP contribution in [0.5, 0.6) is 0 Å². The highest BCUT2D eigenvalue weighted by molar-refractivity contribution is 5.89. The topological polar surface area (TPSA) is 42.2 Å². The van der Waals surface area contributed by atoms with Gasteiger partial charge in [-0.05, 0) is 18.6 Å². The molecule has 0 aliphatic heterocycles. The molecule has 0 spiro atoms. The van der Waals surface area contributed by atoms with E-state index < -0.39 is 5.97 Å². The summed E-state index contributed by atoms with van der Waals surface area (Å²) in [7, 11) is 0. The van der Waals surface area contributed by atoms with Gasteiger partial charge in [-0.3, -0.25) is 0 Å². The molecule has 3 heteroatoms. The second kappa shape index (κ2) is 4.87. The van der Waals surface area contributed by atoms with Gasteiger partial charge in [0.15, 0.2) is 0 Å². The highest BCUT2D eigenvalue weighted by Crippen LogP contribution is 2.16. The molecule has 0 radical (unpaired) electrons. The first-order valence-electron chi connectivity index (χ1n) is 5.67. The lowest BCUT2D eigenvalue weighted by Crippen LogP contribution is -2.06. The maximum atomic E-state index is 11.1. The number of hydrogen-bond donors (Lipinski definition) is 1. The molecule has 0 fully saturated rings. The Morgan fingerprint density at radius 1 is 1.24 bits per heavy atom. The Morgan fingerprint density at radius 2 is 1.94 bits per heavy atom. The van der Waals surface area contributed by atoms with Crippen molar-refractivity contribution in [3.63, 3.8) is 0 Å². The highest BCUT2D eigenvalue weighted by Gasteiger charge is 2.14. The molecule has 0 aliphatic rings. The molecule has 88 valence electrons. The number of rotatable bonds is 4. The zero-order valence-electron chi connectivity index (χ0n) is 9.76. The predicted octanol–water partition coefficient (Wildman–Crippen LogP) is 2.80. The molecular weight excluding hydrogens is 214 g/mol. The number of carboxylic acids is 1. The van der Waals surface area contributed by atoms with Crippen LogP contribution in [0.25, 0.3) is 0 Å². The van der Waals surface area contributed by atoms with Crippen molar-refractivity contribution in [2.24, 2.45) is 0 Å². The number of aromatic carboxylic acids is 1. The molecule has 17 heavy (non-hydrogen) atoms. The van der Waals surface area contributed by atoms with Crippen LogP contribution in [0, 0.1) is 0 Å². The van der Waals surface area contributed by atoms with Crippen LogP contribution in [0.4, 0.5) is 0 Å².